The van der Waals surface area contributed by atoms with Crippen LogP contribution in [0.1, 0.15) is 43.7 Å². The summed E-state index contributed by atoms with van der Waals surface area (Å²) in [6.45, 7) is 4.19. The van der Waals surface area contributed by atoms with Gasteiger partial charge in [0.2, 0.25) is 0 Å². The minimum Gasteiger partial charge on any atom is -0.269 e. The van der Waals surface area contributed by atoms with Gasteiger partial charge in [-0.25, -0.2) is 4.98 Å². The second-order valence-corrected chi connectivity index (χ2v) is 4.63. The van der Waals surface area contributed by atoms with Crippen molar-refractivity contribution in [2.45, 2.75) is 33.1 Å². The van der Waals surface area contributed by atoms with E-state index in [0.717, 1.165) is 47.3 Å². The largest absolute Gasteiger partial charge is 0.269 e. The number of fused-ring (bicyclic) bond motifs is 3. The van der Waals surface area contributed by atoms with Crippen molar-refractivity contribution in [2.75, 3.05) is 0 Å². The number of para-hydroxylation sites is 2. The molecule has 0 unspecified atom stereocenters. The van der Waals surface area contributed by atoms with Crippen molar-refractivity contribution >= 4 is 22.5 Å². The number of imidazole rings is 1. The van der Waals surface area contributed by atoms with Crippen LogP contribution in [-0.4, -0.2) is 15.5 Å². The third-order valence-electron chi connectivity index (χ3n) is 3.51. The molecule has 18 heavy (non-hydrogen) atoms. The second-order valence-electron chi connectivity index (χ2n) is 4.63. The molecule has 1 aliphatic rings. The molecule has 2 aromatic rings. The van der Waals surface area contributed by atoms with Gasteiger partial charge in [0, 0.05) is 11.1 Å². The van der Waals surface area contributed by atoms with Gasteiger partial charge in [-0.05, 0) is 25.0 Å². The highest BCUT2D eigenvalue weighted by atomic mass is 16.2. The van der Waals surface area contributed by atoms with Gasteiger partial charge in [0.05, 0.1) is 11.0 Å². The van der Waals surface area contributed by atoms with E-state index in [1.54, 1.807) is 4.57 Å². The Morgan fingerprint density at radius 2 is 1.94 bits per heavy atom. The fraction of sp³-hybridized carbons (Fsp3) is 0.333. The maximum Gasteiger partial charge on any atom is 0.260 e. The maximum atomic E-state index is 12.5. The van der Waals surface area contributed by atoms with Crippen LogP contribution in [0, 0.1) is 0 Å². The van der Waals surface area contributed by atoms with Crippen molar-refractivity contribution < 1.29 is 4.79 Å². The molecule has 1 aromatic heterocycles. The molecule has 0 fully saturated rings. The smallest absolute Gasteiger partial charge is 0.260 e. The number of aromatic nitrogens is 2. The minimum atomic E-state index is 0.123. The molecule has 0 bridgehead atoms. The topological polar surface area (TPSA) is 34.9 Å². The molecule has 0 N–H and O–H groups in total. The van der Waals surface area contributed by atoms with Gasteiger partial charge in [0.15, 0.2) is 0 Å². The molecule has 0 amide bonds. The zero-order chi connectivity index (χ0) is 12.7. The first-order valence-electron chi connectivity index (χ1n) is 6.52. The molecule has 3 nitrogen and oxygen atoms in total. The SMILES string of the molecule is CCCC1=C(CC)c2nc3ccccc3n2C1=O. The lowest BCUT2D eigenvalue weighted by atomic mass is 10.0. The lowest BCUT2D eigenvalue weighted by Gasteiger charge is -2.01. The summed E-state index contributed by atoms with van der Waals surface area (Å²) in [5, 5.41) is 0. The summed E-state index contributed by atoms with van der Waals surface area (Å²) in [5.41, 5.74) is 3.91. The number of hydrogen-bond acceptors (Lipinski definition) is 2. The van der Waals surface area contributed by atoms with Crippen LogP contribution in [0.4, 0.5) is 0 Å². The van der Waals surface area contributed by atoms with Crippen molar-refractivity contribution in [1.82, 2.24) is 9.55 Å². The fourth-order valence-corrected chi connectivity index (χ4v) is 2.71. The van der Waals surface area contributed by atoms with Crippen molar-refractivity contribution in [3.05, 3.63) is 35.7 Å². The standard InChI is InChI=1S/C15H16N2O/c1-3-7-11-10(4-2)14-16-12-8-5-6-9-13(12)17(14)15(11)18/h5-6,8-9H,3-4,7H2,1-2H3. The number of benzene rings is 1. The quantitative estimate of drug-likeness (QED) is 0.820. The van der Waals surface area contributed by atoms with E-state index in [1.165, 1.54) is 0 Å². The van der Waals surface area contributed by atoms with Gasteiger partial charge in [-0.2, -0.15) is 0 Å². The highest BCUT2D eigenvalue weighted by molar-refractivity contribution is 6.12. The molecular formula is C15H16N2O. The molecule has 3 rings (SSSR count). The number of carbonyl (C=O) groups excluding carboxylic acids is 1. The molecule has 0 radical (unpaired) electrons. The number of hydrogen-bond donors (Lipinski definition) is 0. The molecule has 0 atom stereocenters. The monoisotopic (exact) mass is 240 g/mol. The van der Waals surface area contributed by atoms with Crippen LogP contribution in [0.3, 0.4) is 0 Å². The highest BCUT2D eigenvalue weighted by Gasteiger charge is 2.30. The zero-order valence-corrected chi connectivity index (χ0v) is 10.7. The van der Waals surface area contributed by atoms with E-state index in [1.807, 2.05) is 24.3 Å². The van der Waals surface area contributed by atoms with Crippen LogP contribution in [0.25, 0.3) is 16.6 Å². The van der Waals surface area contributed by atoms with E-state index in [-0.39, 0.29) is 5.91 Å². The number of rotatable bonds is 3. The first kappa shape index (κ1) is 11.2. The molecule has 1 aliphatic heterocycles. The number of allylic oxidation sites excluding steroid dienone is 2. The number of nitrogens with zero attached hydrogens (tertiary/aromatic N) is 2. The van der Waals surface area contributed by atoms with E-state index in [0.29, 0.717) is 0 Å². The van der Waals surface area contributed by atoms with Gasteiger partial charge in [0.25, 0.3) is 5.91 Å². The predicted octanol–water partition coefficient (Wildman–Crippen LogP) is 3.65. The molecule has 3 heteroatoms. The van der Waals surface area contributed by atoms with Crippen LogP contribution in [0.15, 0.2) is 29.8 Å². The van der Waals surface area contributed by atoms with E-state index < -0.39 is 0 Å². The minimum absolute atomic E-state index is 0.123. The summed E-state index contributed by atoms with van der Waals surface area (Å²) in [7, 11) is 0. The Hall–Kier alpha value is -1.90. The van der Waals surface area contributed by atoms with Crippen molar-refractivity contribution in [2.24, 2.45) is 0 Å². The Bertz CT molecular complexity index is 664. The molecule has 0 aliphatic carbocycles. The van der Waals surface area contributed by atoms with Crippen LogP contribution in [0.2, 0.25) is 0 Å². The Kier molecular flexibility index (Phi) is 2.54. The maximum absolute atomic E-state index is 12.5. The lowest BCUT2D eigenvalue weighted by molar-refractivity contribution is 0.0962. The van der Waals surface area contributed by atoms with Gasteiger partial charge in [0.1, 0.15) is 5.82 Å². The molecule has 0 saturated carbocycles. The molecule has 0 spiro atoms. The predicted molar refractivity (Wildman–Crippen MR) is 72.5 cm³/mol. The van der Waals surface area contributed by atoms with Crippen LogP contribution < -0.4 is 0 Å². The summed E-state index contributed by atoms with van der Waals surface area (Å²) in [6, 6.07) is 7.83. The summed E-state index contributed by atoms with van der Waals surface area (Å²) < 4.78 is 1.78. The van der Waals surface area contributed by atoms with Gasteiger partial charge < -0.3 is 0 Å². The van der Waals surface area contributed by atoms with Gasteiger partial charge >= 0.3 is 0 Å². The summed E-state index contributed by atoms with van der Waals surface area (Å²) in [4.78, 5) is 17.1. The molecule has 2 heterocycles. The second kappa shape index (κ2) is 4.09. The Balaban J connectivity index is 2.27. The fourth-order valence-electron chi connectivity index (χ4n) is 2.71. The summed E-state index contributed by atoms with van der Waals surface area (Å²) >= 11 is 0. The van der Waals surface area contributed by atoms with E-state index >= 15 is 0 Å². The van der Waals surface area contributed by atoms with Gasteiger partial charge in [-0.3, -0.25) is 9.36 Å². The first-order chi connectivity index (χ1) is 8.77. The average Bonchev–Trinajstić information content (AvgIpc) is 2.87. The molecule has 92 valence electrons. The zero-order valence-electron chi connectivity index (χ0n) is 10.7. The highest BCUT2D eigenvalue weighted by Crippen LogP contribution is 2.34. The van der Waals surface area contributed by atoms with Crippen molar-refractivity contribution in [1.29, 1.82) is 0 Å². The first-order valence-corrected chi connectivity index (χ1v) is 6.52. The van der Waals surface area contributed by atoms with Crippen molar-refractivity contribution in [3.8, 4) is 0 Å². The summed E-state index contributed by atoms with van der Waals surface area (Å²) in [6.07, 6.45) is 2.71. The molecule has 1 aromatic carbocycles. The summed E-state index contributed by atoms with van der Waals surface area (Å²) in [5.74, 6) is 0.976. The van der Waals surface area contributed by atoms with E-state index in [2.05, 4.69) is 18.8 Å². The molecule has 0 saturated heterocycles. The number of carbonyl (C=O) groups is 1. The Morgan fingerprint density at radius 3 is 2.67 bits per heavy atom. The normalized spacial score (nSPS) is 14.7. The Morgan fingerprint density at radius 1 is 1.17 bits per heavy atom. The van der Waals surface area contributed by atoms with Gasteiger partial charge in [-0.1, -0.05) is 32.4 Å². The van der Waals surface area contributed by atoms with Gasteiger partial charge in [-0.15, -0.1) is 0 Å². The van der Waals surface area contributed by atoms with Crippen LogP contribution in [0.5, 0.6) is 0 Å². The van der Waals surface area contributed by atoms with Crippen LogP contribution in [-0.2, 0) is 0 Å². The Labute approximate surface area is 106 Å². The lowest BCUT2D eigenvalue weighted by Crippen LogP contribution is -2.08. The van der Waals surface area contributed by atoms with E-state index in [9.17, 15) is 4.79 Å². The van der Waals surface area contributed by atoms with E-state index in [4.69, 9.17) is 0 Å². The molecular weight excluding hydrogens is 224 g/mol. The van der Waals surface area contributed by atoms with Crippen molar-refractivity contribution in [3.63, 3.8) is 0 Å². The van der Waals surface area contributed by atoms with Crippen LogP contribution >= 0.6 is 0 Å². The third kappa shape index (κ3) is 1.37. The average molecular weight is 240 g/mol. The third-order valence-corrected chi connectivity index (χ3v) is 3.51.